The van der Waals surface area contributed by atoms with Crippen molar-refractivity contribution in [2.24, 2.45) is 0 Å². The molecule has 1 atom stereocenters. The molecule has 1 aromatic carbocycles. The molecular weight excluding hydrogens is 413 g/mol. The van der Waals surface area contributed by atoms with Crippen LogP contribution < -0.4 is 10.6 Å². The molecule has 0 aliphatic heterocycles. The van der Waals surface area contributed by atoms with E-state index >= 15 is 0 Å². The second-order valence-corrected chi connectivity index (χ2v) is 8.45. The molecule has 0 unspecified atom stereocenters. The predicted molar refractivity (Wildman–Crippen MR) is 121 cm³/mol. The third kappa shape index (κ3) is 4.36. The number of carbonyl (C=O) groups is 1. The average molecular weight is 436 g/mol. The largest absolute Gasteiger partial charge is 0.459 e. The lowest BCUT2D eigenvalue weighted by atomic mass is 9.96. The number of halogens is 1. The Bertz CT molecular complexity index is 1220. The van der Waals surface area contributed by atoms with Crippen LogP contribution in [0, 0.1) is 26.6 Å². The zero-order chi connectivity index (χ0) is 22.0. The van der Waals surface area contributed by atoms with Crippen LogP contribution in [0.1, 0.15) is 43.9 Å². The summed E-state index contributed by atoms with van der Waals surface area (Å²) in [6.07, 6.45) is 1.45. The van der Waals surface area contributed by atoms with Crippen molar-refractivity contribution in [1.82, 2.24) is 4.98 Å². The van der Waals surface area contributed by atoms with Gasteiger partial charge in [-0.25, -0.2) is 9.37 Å². The third-order valence-corrected chi connectivity index (χ3v) is 6.23. The normalized spacial score (nSPS) is 11.9. The number of aromatic nitrogens is 1. The number of anilines is 2. The number of pyridine rings is 1. The van der Waals surface area contributed by atoms with Crippen LogP contribution in [0.3, 0.4) is 0 Å². The molecule has 31 heavy (non-hydrogen) atoms. The summed E-state index contributed by atoms with van der Waals surface area (Å²) in [5.41, 5.74) is 3.10. The molecule has 3 heterocycles. The Morgan fingerprint density at radius 1 is 1.06 bits per heavy atom. The van der Waals surface area contributed by atoms with Gasteiger partial charge in [0.15, 0.2) is 5.76 Å². The number of rotatable bonds is 6. The molecule has 3 aromatic heterocycles. The maximum atomic E-state index is 14.9. The minimum atomic E-state index is -0.549. The highest BCUT2D eigenvalue weighted by Crippen LogP contribution is 2.41. The Kier molecular flexibility index (Phi) is 5.86. The molecule has 4 rings (SSSR count). The fourth-order valence-electron chi connectivity index (χ4n) is 3.44. The highest BCUT2D eigenvalue weighted by atomic mass is 32.1. The van der Waals surface area contributed by atoms with Crippen LogP contribution in [-0.2, 0) is 0 Å². The van der Waals surface area contributed by atoms with Crippen molar-refractivity contribution in [3.05, 3.63) is 99.7 Å². The zero-order valence-corrected chi connectivity index (χ0v) is 18.2. The first-order chi connectivity index (χ1) is 14.9. The number of hydrogen-bond donors (Lipinski definition) is 2. The highest BCUT2D eigenvalue weighted by Gasteiger charge is 2.27. The Morgan fingerprint density at radius 2 is 1.87 bits per heavy atom. The number of nitrogens with one attached hydrogen (secondary N) is 2. The standard InChI is InChI=1S/C24H22FN3O2S/c1-14-8-6-12-20(26-14)27-22(17-9-4-5-10-18(17)25)21-15(2)16(3)31-24(21)28-23(29)19-11-7-13-30-19/h4-13,22H,1-3H3,(H,26,27)(H,28,29)/t22-/m0/s1. The number of benzene rings is 1. The van der Waals surface area contributed by atoms with E-state index in [-0.39, 0.29) is 17.5 Å². The van der Waals surface area contributed by atoms with Crippen LogP contribution in [0.15, 0.2) is 65.3 Å². The van der Waals surface area contributed by atoms with Crippen molar-refractivity contribution in [2.45, 2.75) is 26.8 Å². The summed E-state index contributed by atoms with van der Waals surface area (Å²) in [5, 5.41) is 6.96. The lowest BCUT2D eigenvalue weighted by molar-refractivity contribution is 0.0997. The van der Waals surface area contributed by atoms with E-state index in [1.807, 2.05) is 39.0 Å². The van der Waals surface area contributed by atoms with Crippen molar-refractivity contribution in [3.63, 3.8) is 0 Å². The average Bonchev–Trinajstić information content (AvgIpc) is 3.36. The molecule has 5 nitrogen and oxygen atoms in total. The van der Waals surface area contributed by atoms with Gasteiger partial charge in [0.1, 0.15) is 16.6 Å². The third-order valence-electron chi connectivity index (χ3n) is 5.09. The van der Waals surface area contributed by atoms with Crippen LogP contribution >= 0.6 is 11.3 Å². The SMILES string of the molecule is Cc1cccc(N[C@@H](c2ccccc2F)c2c(NC(=O)c3ccco3)sc(C)c2C)n1. The smallest absolute Gasteiger partial charge is 0.291 e. The van der Waals surface area contributed by atoms with E-state index in [0.29, 0.717) is 16.4 Å². The molecule has 0 aliphatic rings. The van der Waals surface area contributed by atoms with E-state index < -0.39 is 6.04 Å². The van der Waals surface area contributed by atoms with Gasteiger partial charge in [0, 0.05) is 21.7 Å². The van der Waals surface area contributed by atoms with Crippen molar-refractivity contribution in [3.8, 4) is 0 Å². The highest BCUT2D eigenvalue weighted by molar-refractivity contribution is 7.16. The number of amides is 1. The molecule has 0 spiro atoms. The predicted octanol–water partition coefficient (Wildman–Crippen LogP) is 6.25. The van der Waals surface area contributed by atoms with Gasteiger partial charge in [0.2, 0.25) is 0 Å². The summed E-state index contributed by atoms with van der Waals surface area (Å²) in [5.74, 6) is 0.151. The number of carbonyl (C=O) groups excluding carboxylic acids is 1. The quantitative estimate of drug-likeness (QED) is 0.375. The zero-order valence-electron chi connectivity index (χ0n) is 17.4. The van der Waals surface area contributed by atoms with Crippen molar-refractivity contribution in [1.29, 1.82) is 0 Å². The van der Waals surface area contributed by atoms with Crippen LogP contribution in [0.2, 0.25) is 0 Å². The second-order valence-electron chi connectivity index (χ2n) is 7.22. The van der Waals surface area contributed by atoms with Crippen LogP contribution in [0.25, 0.3) is 0 Å². The van der Waals surface area contributed by atoms with E-state index in [1.54, 1.807) is 30.3 Å². The summed E-state index contributed by atoms with van der Waals surface area (Å²) in [6, 6.07) is 15.0. The fourth-order valence-corrected chi connectivity index (χ4v) is 4.54. The van der Waals surface area contributed by atoms with Gasteiger partial charge in [-0.1, -0.05) is 24.3 Å². The monoisotopic (exact) mass is 435 g/mol. The van der Waals surface area contributed by atoms with Gasteiger partial charge in [0.25, 0.3) is 5.91 Å². The molecule has 1 amide bonds. The van der Waals surface area contributed by atoms with Crippen molar-refractivity contribution < 1.29 is 13.6 Å². The van der Waals surface area contributed by atoms with E-state index in [9.17, 15) is 9.18 Å². The Labute approximate surface area is 184 Å². The molecule has 0 aliphatic carbocycles. The molecular formula is C24H22FN3O2S. The topological polar surface area (TPSA) is 67.2 Å². The lowest BCUT2D eigenvalue weighted by Gasteiger charge is -2.23. The van der Waals surface area contributed by atoms with Gasteiger partial charge in [-0.3, -0.25) is 4.79 Å². The van der Waals surface area contributed by atoms with Crippen LogP contribution in [0.5, 0.6) is 0 Å². The molecule has 0 saturated carbocycles. The van der Waals surface area contributed by atoms with E-state index in [2.05, 4.69) is 15.6 Å². The lowest BCUT2D eigenvalue weighted by Crippen LogP contribution is -2.18. The summed E-state index contributed by atoms with van der Waals surface area (Å²) >= 11 is 1.45. The summed E-state index contributed by atoms with van der Waals surface area (Å²) in [7, 11) is 0. The first-order valence-corrected chi connectivity index (χ1v) is 10.6. The Morgan fingerprint density at radius 3 is 2.58 bits per heavy atom. The van der Waals surface area contributed by atoms with E-state index in [1.165, 1.54) is 23.7 Å². The summed E-state index contributed by atoms with van der Waals surface area (Å²) < 4.78 is 20.1. The minimum absolute atomic E-state index is 0.213. The van der Waals surface area contributed by atoms with Gasteiger partial charge in [-0.05, 0) is 56.7 Å². The molecule has 7 heteroatoms. The minimum Gasteiger partial charge on any atom is -0.459 e. The van der Waals surface area contributed by atoms with E-state index in [4.69, 9.17) is 4.42 Å². The molecule has 0 fully saturated rings. The van der Waals surface area contributed by atoms with Crippen LogP contribution in [-0.4, -0.2) is 10.9 Å². The molecule has 0 radical (unpaired) electrons. The molecule has 4 aromatic rings. The number of thiophene rings is 1. The first kappa shape index (κ1) is 20.8. The second kappa shape index (κ2) is 8.73. The molecule has 158 valence electrons. The summed E-state index contributed by atoms with van der Waals surface area (Å²) in [4.78, 5) is 18.2. The van der Waals surface area contributed by atoms with Crippen molar-refractivity contribution >= 4 is 28.1 Å². The van der Waals surface area contributed by atoms with Crippen molar-refractivity contribution in [2.75, 3.05) is 10.6 Å². The Hall–Kier alpha value is -3.45. The van der Waals surface area contributed by atoms with Gasteiger partial charge in [-0.2, -0.15) is 0 Å². The first-order valence-electron chi connectivity index (χ1n) is 9.83. The summed E-state index contributed by atoms with van der Waals surface area (Å²) in [6.45, 7) is 5.86. The number of hydrogen-bond acceptors (Lipinski definition) is 5. The molecule has 2 N–H and O–H groups in total. The van der Waals surface area contributed by atoms with Crippen LogP contribution in [0.4, 0.5) is 15.2 Å². The van der Waals surface area contributed by atoms with Gasteiger partial charge in [-0.15, -0.1) is 11.3 Å². The van der Waals surface area contributed by atoms with Gasteiger partial charge < -0.3 is 15.1 Å². The maximum Gasteiger partial charge on any atom is 0.291 e. The van der Waals surface area contributed by atoms with Gasteiger partial charge in [0.05, 0.1) is 12.3 Å². The number of furan rings is 1. The van der Waals surface area contributed by atoms with Gasteiger partial charge >= 0.3 is 0 Å². The molecule has 0 bridgehead atoms. The number of nitrogens with zero attached hydrogens (tertiary/aromatic N) is 1. The van der Waals surface area contributed by atoms with E-state index in [0.717, 1.165) is 21.7 Å². The Balaban J connectivity index is 1.81. The number of aryl methyl sites for hydroxylation is 2. The fraction of sp³-hybridized carbons (Fsp3) is 0.167. The maximum absolute atomic E-state index is 14.9. The molecule has 0 saturated heterocycles.